The zero-order chi connectivity index (χ0) is 22.4. The van der Waals surface area contributed by atoms with Crippen molar-refractivity contribution in [3.05, 3.63) is 59.9 Å². The average Bonchev–Trinajstić information content (AvgIpc) is 2.79. The van der Waals surface area contributed by atoms with E-state index in [9.17, 15) is 22.4 Å². The van der Waals surface area contributed by atoms with Gasteiger partial charge in [-0.2, -0.15) is 4.31 Å². The summed E-state index contributed by atoms with van der Waals surface area (Å²) in [5.41, 5.74) is 4.60. The van der Waals surface area contributed by atoms with E-state index < -0.39 is 33.8 Å². The summed E-state index contributed by atoms with van der Waals surface area (Å²) in [5, 5.41) is 0. The molecule has 166 valence electrons. The highest BCUT2D eigenvalue weighted by atomic mass is 32.2. The Labute approximate surface area is 180 Å². The van der Waals surface area contributed by atoms with E-state index in [2.05, 4.69) is 10.9 Å². The van der Waals surface area contributed by atoms with Gasteiger partial charge in [0.2, 0.25) is 10.0 Å². The van der Waals surface area contributed by atoms with Gasteiger partial charge < -0.3 is 4.74 Å². The van der Waals surface area contributed by atoms with Crippen LogP contribution in [0.3, 0.4) is 0 Å². The summed E-state index contributed by atoms with van der Waals surface area (Å²) >= 11 is 0. The first-order valence-corrected chi connectivity index (χ1v) is 11.3. The Morgan fingerprint density at radius 1 is 1.00 bits per heavy atom. The predicted octanol–water partition coefficient (Wildman–Crippen LogP) is 2.23. The van der Waals surface area contributed by atoms with E-state index >= 15 is 0 Å². The lowest BCUT2D eigenvalue weighted by molar-refractivity contribution is -0.128. The zero-order valence-electron chi connectivity index (χ0n) is 17.0. The van der Waals surface area contributed by atoms with Crippen LogP contribution in [0.2, 0.25) is 0 Å². The molecule has 1 aliphatic heterocycles. The van der Waals surface area contributed by atoms with Crippen LogP contribution in [0.1, 0.15) is 36.5 Å². The second-order valence-corrected chi connectivity index (χ2v) is 9.06. The molecular formula is C21H24FN3O5S. The molecule has 1 heterocycles. The topological polar surface area (TPSA) is 105 Å². The lowest BCUT2D eigenvalue weighted by Gasteiger charge is -2.25. The summed E-state index contributed by atoms with van der Waals surface area (Å²) in [7, 11) is -3.59. The summed E-state index contributed by atoms with van der Waals surface area (Å²) in [5.74, 6) is -2.00. The van der Waals surface area contributed by atoms with Gasteiger partial charge in [-0.1, -0.05) is 18.6 Å². The van der Waals surface area contributed by atoms with E-state index in [4.69, 9.17) is 4.74 Å². The fourth-order valence-electron chi connectivity index (χ4n) is 3.11. The summed E-state index contributed by atoms with van der Waals surface area (Å²) in [6, 6.07) is 11.1. The average molecular weight is 450 g/mol. The monoisotopic (exact) mass is 449 g/mol. The van der Waals surface area contributed by atoms with Crippen LogP contribution in [0.15, 0.2) is 53.4 Å². The largest absolute Gasteiger partial charge is 0.478 e. The molecule has 1 aliphatic rings. The smallest absolute Gasteiger partial charge is 0.279 e. The number of ether oxygens (including phenoxy) is 1. The number of hydrogen-bond acceptors (Lipinski definition) is 5. The van der Waals surface area contributed by atoms with Crippen molar-refractivity contribution in [3.8, 4) is 5.75 Å². The molecule has 1 atom stereocenters. The normalized spacial score (nSPS) is 15.7. The number of hydrazine groups is 1. The summed E-state index contributed by atoms with van der Waals surface area (Å²) in [6.45, 7) is 2.39. The minimum atomic E-state index is -3.59. The van der Waals surface area contributed by atoms with E-state index in [1.54, 1.807) is 6.07 Å². The maximum absolute atomic E-state index is 13.6. The Hall–Kier alpha value is -2.98. The third-order valence-corrected chi connectivity index (χ3v) is 6.79. The number of carbonyl (C=O) groups excluding carboxylic acids is 2. The number of sulfonamides is 1. The maximum Gasteiger partial charge on any atom is 0.279 e. The standard InChI is InChI=1S/C21H24FN3O5S/c1-15(30-19-8-4-3-7-18(19)22)20(26)23-24-21(27)16-9-11-17(12-10-16)31(28,29)25-13-5-2-6-14-25/h3-4,7-12,15H,2,5-6,13-14H2,1H3,(H,23,26)(H,24,27). The van der Waals surface area contributed by atoms with Crippen molar-refractivity contribution in [1.82, 2.24) is 15.2 Å². The van der Waals surface area contributed by atoms with Gasteiger partial charge in [0.1, 0.15) is 0 Å². The maximum atomic E-state index is 13.6. The Kier molecular flexibility index (Phi) is 7.24. The van der Waals surface area contributed by atoms with Crippen LogP contribution in [0.4, 0.5) is 4.39 Å². The Balaban J connectivity index is 1.55. The third kappa shape index (κ3) is 5.59. The Morgan fingerprint density at radius 3 is 2.29 bits per heavy atom. The van der Waals surface area contributed by atoms with Gasteiger partial charge in [-0.25, -0.2) is 12.8 Å². The van der Waals surface area contributed by atoms with Crippen LogP contribution >= 0.6 is 0 Å². The fraction of sp³-hybridized carbons (Fsp3) is 0.333. The molecule has 0 spiro atoms. The van der Waals surface area contributed by atoms with Crippen LogP contribution in [0, 0.1) is 5.82 Å². The van der Waals surface area contributed by atoms with Crippen molar-refractivity contribution < 1.29 is 27.1 Å². The molecule has 31 heavy (non-hydrogen) atoms. The van der Waals surface area contributed by atoms with Crippen molar-refractivity contribution >= 4 is 21.8 Å². The molecule has 1 unspecified atom stereocenters. The lowest BCUT2D eigenvalue weighted by Crippen LogP contribution is -2.47. The third-order valence-electron chi connectivity index (χ3n) is 4.88. The molecule has 0 aromatic heterocycles. The molecular weight excluding hydrogens is 425 g/mol. The highest BCUT2D eigenvalue weighted by Crippen LogP contribution is 2.21. The number of para-hydroxylation sites is 1. The number of amides is 2. The number of benzene rings is 2. The highest BCUT2D eigenvalue weighted by Gasteiger charge is 2.26. The number of rotatable bonds is 6. The molecule has 2 aromatic rings. The van der Waals surface area contributed by atoms with E-state index in [0.717, 1.165) is 19.3 Å². The van der Waals surface area contributed by atoms with Gasteiger partial charge in [-0.15, -0.1) is 0 Å². The number of halogens is 1. The van der Waals surface area contributed by atoms with Gasteiger partial charge in [-0.3, -0.25) is 20.4 Å². The number of hydrogen-bond donors (Lipinski definition) is 2. The van der Waals surface area contributed by atoms with Crippen LogP contribution in [-0.2, 0) is 14.8 Å². The lowest BCUT2D eigenvalue weighted by atomic mass is 10.2. The molecule has 2 aromatic carbocycles. The van der Waals surface area contributed by atoms with E-state index in [-0.39, 0.29) is 16.2 Å². The molecule has 10 heteroatoms. The SMILES string of the molecule is CC(Oc1ccccc1F)C(=O)NNC(=O)c1ccc(S(=O)(=O)N2CCCCC2)cc1. The van der Waals surface area contributed by atoms with Crippen LogP contribution in [0.5, 0.6) is 5.75 Å². The zero-order valence-corrected chi connectivity index (χ0v) is 17.8. The predicted molar refractivity (Wildman–Crippen MR) is 111 cm³/mol. The van der Waals surface area contributed by atoms with Crippen molar-refractivity contribution in [2.24, 2.45) is 0 Å². The van der Waals surface area contributed by atoms with Crippen molar-refractivity contribution in [2.75, 3.05) is 13.1 Å². The molecule has 2 N–H and O–H groups in total. The molecule has 0 saturated carbocycles. The number of nitrogens with one attached hydrogen (secondary N) is 2. The Morgan fingerprint density at radius 2 is 1.65 bits per heavy atom. The van der Waals surface area contributed by atoms with Crippen LogP contribution in [0.25, 0.3) is 0 Å². The minimum absolute atomic E-state index is 0.0815. The molecule has 8 nitrogen and oxygen atoms in total. The fourth-order valence-corrected chi connectivity index (χ4v) is 4.63. The van der Waals surface area contributed by atoms with Gasteiger partial charge in [-0.05, 0) is 56.2 Å². The molecule has 0 aliphatic carbocycles. The van der Waals surface area contributed by atoms with Crippen molar-refractivity contribution in [1.29, 1.82) is 0 Å². The second kappa shape index (κ2) is 9.88. The van der Waals surface area contributed by atoms with E-state index in [1.165, 1.54) is 53.7 Å². The van der Waals surface area contributed by atoms with E-state index in [1.807, 2.05) is 0 Å². The molecule has 0 radical (unpaired) electrons. The quantitative estimate of drug-likeness (QED) is 0.658. The summed E-state index contributed by atoms with van der Waals surface area (Å²) in [4.78, 5) is 24.5. The first-order valence-electron chi connectivity index (χ1n) is 9.90. The number of nitrogens with zero attached hydrogens (tertiary/aromatic N) is 1. The Bertz CT molecular complexity index is 1040. The molecule has 2 amide bonds. The highest BCUT2D eigenvalue weighted by molar-refractivity contribution is 7.89. The van der Waals surface area contributed by atoms with Gasteiger partial charge in [0.15, 0.2) is 17.7 Å². The van der Waals surface area contributed by atoms with Gasteiger partial charge in [0.05, 0.1) is 4.90 Å². The molecule has 3 rings (SSSR count). The first kappa shape index (κ1) is 22.7. The minimum Gasteiger partial charge on any atom is -0.478 e. The molecule has 1 saturated heterocycles. The van der Waals surface area contributed by atoms with Crippen LogP contribution < -0.4 is 15.6 Å². The van der Waals surface area contributed by atoms with Crippen molar-refractivity contribution in [3.63, 3.8) is 0 Å². The molecule has 1 fully saturated rings. The van der Waals surface area contributed by atoms with Gasteiger partial charge >= 0.3 is 0 Å². The molecule has 0 bridgehead atoms. The van der Waals surface area contributed by atoms with Crippen molar-refractivity contribution in [2.45, 2.75) is 37.2 Å². The first-order chi connectivity index (χ1) is 14.8. The number of piperidine rings is 1. The second-order valence-electron chi connectivity index (χ2n) is 7.12. The summed E-state index contributed by atoms with van der Waals surface area (Å²) in [6.07, 6.45) is 1.62. The summed E-state index contributed by atoms with van der Waals surface area (Å²) < 4.78 is 45.6. The van der Waals surface area contributed by atoms with Gasteiger partial charge in [0, 0.05) is 18.7 Å². The van der Waals surface area contributed by atoms with Gasteiger partial charge in [0.25, 0.3) is 11.8 Å². The van der Waals surface area contributed by atoms with Crippen LogP contribution in [-0.4, -0.2) is 43.7 Å². The van der Waals surface area contributed by atoms with E-state index in [0.29, 0.717) is 13.1 Å². The number of carbonyl (C=O) groups is 2.